The van der Waals surface area contributed by atoms with Gasteiger partial charge in [-0.25, -0.2) is 4.98 Å². The maximum atomic E-state index is 4.31. The quantitative estimate of drug-likeness (QED) is 0.901. The number of nitrogens with one attached hydrogen (secondary N) is 1. The van der Waals surface area contributed by atoms with Crippen LogP contribution in [0.25, 0.3) is 0 Å². The van der Waals surface area contributed by atoms with Gasteiger partial charge in [0, 0.05) is 6.04 Å². The normalized spacial score (nSPS) is 15.7. The van der Waals surface area contributed by atoms with E-state index in [1.807, 2.05) is 6.20 Å². The number of aromatic nitrogens is 1. The zero-order chi connectivity index (χ0) is 9.84. The number of nitrogens with zero attached hydrogens (tertiary/aromatic N) is 1. The number of hydrogen-bond donors (Lipinski definition) is 1. The van der Waals surface area contributed by atoms with E-state index in [0.29, 0.717) is 12.1 Å². The Morgan fingerprint density at radius 3 is 2.77 bits per heavy atom. The Hall–Kier alpha value is 0.0700. The van der Waals surface area contributed by atoms with Crippen LogP contribution < -0.4 is 5.32 Å². The molecule has 2 atom stereocenters. The van der Waals surface area contributed by atoms with E-state index in [4.69, 9.17) is 0 Å². The molecule has 0 spiro atoms. The predicted molar refractivity (Wildman–Crippen MR) is 61.1 cm³/mol. The van der Waals surface area contributed by atoms with Crippen LogP contribution in [0, 0.1) is 0 Å². The number of thiazole rings is 1. The lowest BCUT2D eigenvalue weighted by molar-refractivity contribution is 0.468. The monoisotopic (exact) mass is 262 g/mol. The fourth-order valence-electron chi connectivity index (χ4n) is 1.08. The van der Waals surface area contributed by atoms with Crippen LogP contribution in [0.3, 0.4) is 0 Å². The summed E-state index contributed by atoms with van der Waals surface area (Å²) in [4.78, 5) is 4.31. The summed E-state index contributed by atoms with van der Waals surface area (Å²) in [6, 6.07) is 0.906. The second kappa shape index (κ2) is 5.08. The van der Waals surface area contributed by atoms with E-state index in [9.17, 15) is 0 Å². The number of hydrogen-bond acceptors (Lipinski definition) is 3. The Morgan fingerprint density at radius 1 is 1.62 bits per heavy atom. The van der Waals surface area contributed by atoms with E-state index >= 15 is 0 Å². The van der Waals surface area contributed by atoms with Crippen LogP contribution >= 0.6 is 27.3 Å². The van der Waals surface area contributed by atoms with Gasteiger partial charge in [0.05, 0.1) is 16.0 Å². The van der Waals surface area contributed by atoms with Crippen molar-refractivity contribution in [1.82, 2.24) is 10.3 Å². The standard InChI is InChI=1S/C9H15BrN2S/c1-4-6(2)12-7(3)9-11-5-8(10)13-9/h5-7,12H,4H2,1-3H3. The van der Waals surface area contributed by atoms with Gasteiger partial charge >= 0.3 is 0 Å². The molecule has 1 aromatic heterocycles. The van der Waals surface area contributed by atoms with Gasteiger partial charge < -0.3 is 5.32 Å². The molecule has 2 unspecified atom stereocenters. The van der Waals surface area contributed by atoms with Crippen LogP contribution in [0.2, 0.25) is 0 Å². The highest BCUT2D eigenvalue weighted by atomic mass is 79.9. The fraction of sp³-hybridized carbons (Fsp3) is 0.667. The molecule has 0 aliphatic heterocycles. The van der Waals surface area contributed by atoms with E-state index in [0.717, 1.165) is 15.2 Å². The highest BCUT2D eigenvalue weighted by Crippen LogP contribution is 2.24. The minimum absolute atomic E-state index is 0.353. The van der Waals surface area contributed by atoms with Gasteiger partial charge in [0.1, 0.15) is 5.01 Å². The molecule has 0 aliphatic carbocycles. The molecule has 1 heterocycles. The van der Waals surface area contributed by atoms with E-state index < -0.39 is 0 Å². The van der Waals surface area contributed by atoms with E-state index in [1.54, 1.807) is 11.3 Å². The lowest BCUT2D eigenvalue weighted by atomic mass is 10.2. The molecule has 2 nitrogen and oxygen atoms in total. The van der Waals surface area contributed by atoms with E-state index in [-0.39, 0.29) is 0 Å². The minimum atomic E-state index is 0.353. The van der Waals surface area contributed by atoms with Gasteiger partial charge in [-0.15, -0.1) is 11.3 Å². The molecule has 1 aromatic rings. The molecule has 0 aromatic carbocycles. The Labute approximate surface area is 91.9 Å². The fourth-order valence-corrected chi connectivity index (χ4v) is 2.34. The maximum absolute atomic E-state index is 4.31. The van der Waals surface area contributed by atoms with Crippen molar-refractivity contribution in [2.45, 2.75) is 39.3 Å². The summed E-state index contributed by atoms with van der Waals surface area (Å²) < 4.78 is 1.10. The first-order valence-electron chi connectivity index (χ1n) is 4.50. The Morgan fingerprint density at radius 2 is 2.31 bits per heavy atom. The van der Waals surface area contributed by atoms with Crippen molar-refractivity contribution < 1.29 is 0 Å². The third-order valence-corrected chi connectivity index (χ3v) is 3.67. The molecular weight excluding hydrogens is 248 g/mol. The van der Waals surface area contributed by atoms with Crippen LogP contribution in [-0.2, 0) is 0 Å². The first kappa shape index (κ1) is 11.1. The second-order valence-corrected chi connectivity index (χ2v) is 5.64. The third kappa shape index (κ3) is 3.37. The first-order valence-corrected chi connectivity index (χ1v) is 6.11. The number of rotatable bonds is 4. The molecule has 74 valence electrons. The smallest absolute Gasteiger partial charge is 0.110 e. The van der Waals surface area contributed by atoms with Crippen LogP contribution in [0.4, 0.5) is 0 Å². The van der Waals surface area contributed by atoms with Crippen molar-refractivity contribution in [3.63, 3.8) is 0 Å². The lowest BCUT2D eigenvalue weighted by Crippen LogP contribution is -2.27. The summed E-state index contributed by atoms with van der Waals surface area (Å²) >= 11 is 5.10. The van der Waals surface area contributed by atoms with Gasteiger partial charge in [0.15, 0.2) is 0 Å². The van der Waals surface area contributed by atoms with Crippen molar-refractivity contribution in [3.8, 4) is 0 Å². The van der Waals surface area contributed by atoms with E-state index in [1.165, 1.54) is 0 Å². The largest absolute Gasteiger partial charge is 0.306 e. The molecule has 13 heavy (non-hydrogen) atoms. The average molecular weight is 263 g/mol. The molecule has 0 amide bonds. The van der Waals surface area contributed by atoms with Gasteiger partial charge in [-0.05, 0) is 36.2 Å². The first-order chi connectivity index (χ1) is 6.13. The number of halogens is 1. The van der Waals surface area contributed by atoms with Crippen molar-refractivity contribution in [1.29, 1.82) is 0 Å². The molecule has 0 bridgehead atoms. The van der Waals surface area contributed by atoms with Crippen molar-refractivity contribution in [2.24, 2.45) is 0 Å². The summed E-state index contributed by atoms with van der Waals surface area (Å²) in [5, 5.41) is 4.63. The lowest BCUT2D eigenvalue weighted by Gasteiger charge is -2.16. The predicted octanol–water partition coefficient (Wildman–Crippen LogP) is 3.35. The Kier molecular flexibility index (Phi) is 4.35. The van der Waals surface area contributed by atoms with Gasteiger partial charge in [0.2, 0.25) is 0 Å². The highest BCUT2D eigenvalue weighted by molar-refractivity contribution is 9.11. The zero-order valence-electron chi connectivity index (χ0n) is 8.17. The zero-order valence-corrected chi connectivity index (χ0v) is 10.6. The molecule has 0 radical (unpaired) electrons. The third-order valence-electron chi connectivity index (χ3n) is 2.01. The molecule has 0 saturated carbocycles. The Balaban J connectivity index is 2.53. The SMILES string of the molecule is CCC(C)NC(C)c1ncc(Br)s1. The molecule has 1 rings (SSSR count). The van der Waals surface area contributed by atoms with Crippen LogP contribution in [0.5, 0.6) is 0 Å². The molecule has 0 saturated heterocycles. The maximum Gasteiger partial charge on any atom is 0.110 e. The van der Waals surface area contributed by atoms with Crippen molar-refractivity contribution >= 4 is 27.3 Å². The minimum Gasteiger partial charge on any atom is -0.306 e. The Bertz CT molecular complexity index is 262. The van der Waals surface area contributed by atoms with Crippen molar-refractivity contribution in [2.75, 3.05) is 0 Å². The second-order valence-electron chi connectivity index (χ2n) is 3.20. The van der Waals surface area contributed by atoms with Crippen molar-refractivity contribution in [3.05, 3.63) is 15.0 Å². The van der Waals surface area contributed by atoms with Gasteiger partial charge in [-0.2, -0.15) is 0 Å². The van der Waals surface area contributed by atoms with Gasteiger partial charge in [-0.1, -0.05) is 6.92 Å². The van der Waals surface area contributed by atoms with Crippen LogP contribution in [-0.4, -0.2) is 11.0 Å². The van der Waals surface area contributed by atoms with Crippen LogP contribution in [0.15, 0.2) is 9.98 Å². The summed E-state index contributed by atoms with van der Waals surface area (Å²) in [5.41, 5.74) is 0. The topological polar surface area (TPSA) is 24.9 Å². The average Bonchev–Trinajstić information content (AvgIpc) is 2.51. The van der Waals surface area contributed by atoms with Crippen LogP contribution in [0.1, 0.15) is 38.2 Å². The molecule has 1 N–H and O–H groups in total. The molecule has 0 fully saturated rings. The summed E-state index contributed by atoms with van der Waals surface area (Å²) in [5.74, 6) is 0. The van der Waals surface area contributed by atoms with Gasteiger partial charge in [-0.3, -0.25) is 0 Å². The highest BCUT2D eigenvalue weighted by Gasteiger charge is 2.11. The summed E-state index contributed by atoms with van der Waals surface area (Å²) in [6.07, 6.45) is 3.01. The summed E-state index contributed by atoms with van der Waals surface area (Å²) in [6.45, 7) is 6.53. The molecular formula is C9H15BrN2S. The summed E-state index contributed by atoms with van der Waals surface area (Å²) in [7, 11) is 0. The molecule has 0 aliphatic rings. The van der Waals surface area contributed by atoms with Gasteiger partial charge in [0.25, 0.3) is 0 Å². The molecule has 4 heteroatoms. The van der Waals surface area contributed by atoms with E-state index in [2.05, 4.69) is 47.0 Å².